The molecule has 2 amide bonds. The molecule has 0 atom stereocenters. The highest BCUT2D eigenvalue weighted by Crippen LogP contribution is 2.16. The van der Waals surface area contributed by atoms with Crippen LogP contribution in [-0.2, 0) is 11.2 Å². The Labute approximate surface area is 163 Å². The van der Waals surface area contributed by atoms with Crippen LogP contribution in [0.4, 0.5) is 5.69 Å². The fourth-order valence-electron chi connectivity index (χ4n) is 2.29. The highest BCUT2D eigenvalue weighted by Gasteiger charge is 2.10. The molecule has 0 saturated heterocycles. The summed E-state index contributed by atoms with van der Waals surface area (Å²) < 4.78 is 0. The zero-order valence-corrected chi connectivity index (χ0v) is 16.2. The van der Waals surface area contributed by atoms with E-state index in [9.17, 15) is 9.59 Å². The lowest BCUT2D eigenvalue weighted by atomic mass is 10.1. The number of rotatable bonds is 5. The number of carbonyl (C=O) groups excluding carboxylic acids is 2. The topological polar surface area (TPSA) is 61.4 Å². The molecule has 2 aromatic carbocycles. The first-order valence-electron chi connectivity index (χ1n) is 8.03. The van der Waals surface area contributed by atoms with Gasteiger partial charge in [0.15, 0.2) is 5.11 Å². The van der Waals surface area contributed by atoms with Gasteiger partial charge in [0.2, 0.25) is 5.91 Å². The lowest BCUT2D eigenvalue weighted by Crippen LogP contribution is -2.34. The predicted molar refractivity (Wildman–Crippen MR) is 109 cm³/mol. The molecule has 2 aromatic rings. The van der Waals surface area contributed by atoms with Gasteiger partial charge in [0.05, 0.1) is 0 Å². The first kappa shape index (κ1) is 19.9. The first-order valence-corrected chi connectivity index (χ1v) is 8.81. The SMILES string of the molecule is CN(C)C(=O)c1cccc(NC(=S)NC(=O)CCc2ccccc2Cl)c1. The number of hydrogen-bond acceptors (Lipinski definition) is 3. The number of halogens is 1. The van der Waals surface area contributed by atoms with Crippen molar-refractivity contribution in [3.05, 3.63) is 64.7 Å². The maximum absolute atomic E-state index is 12.1. The Kier molecular flexibility index (Phi) is 7.12. The van der Waals surface area contributed by atoms with Crippen LogP contribution in [0.25, 0.3) is 0 Å². The van der Waals surface area contributed by atoms with Gasteiger partial charge in [-0.15, -0.1) is 0 Å². The van der Waals surface area contributed by atoms with Crippen molar-refractivity contribution in [3.63, 3.8) is 0 Å². The third-order valence-electron chi connectivity index (χ3n) is 3.61. The van der Waals surface area contributed by atoms with E-state index < -0.39 is 0 Å². The molecule has 26 heavy (non-hydrogen) atoms. The zero-order valence-electron chi connectivity index (χ0n) is 14.6. The molecule has 136 valence electrons. The maximum Gasteiger partial charge on any atom is 0.253 e. The van der Waals surface area contributed by atoms with Crippen LogP contribution >= 0.6 is 23.8 Å². The van der Waals surface area contributed by atoms with E-state index in [4.69, 9.17) is 23.8 Å². The number of amides is 2. The molecule has 0 unspecified atom stereocenters. The molecule has 5 nitrogen and oxygen atoms in total. The summed E-state index contributed by atoms with van der Waals surface area (Å²) in [6.45, 7) is 0. The van der Waals surface area contributed by atoms with Gasteiger partial charge in [-0.05, 0) is 48.5 Å². The summed E-state index contributed by atoms with van der Waals surface area (Å²) in [4.78, 5) is 25.5. The monoisotopic (exact) mass is 389 g/mol. The van der Waals surface area contributed by atoms with Crippen molar-refractivity contribution in [1.82, 2.24) is 10.2 Å². The van der Waals surface area contributed by atoms with Crippen molar-refractivity contribution >= 4 is 46.4 Å². The first-order chi connectivity index (χ1) is 12.4. The second kappa shape index (κ2) is 9.31. The van der Waals surface area contributed by atoms with E-state index in [0.717, 1.165) is 5.56 Å². The Morgan fingerprint density at radius 3 is 2.54 bits per heavy atom. The van der Waals surface area contributed by atoms with Crippen LogP contribution < -0.4 is 10.6 Å². The quantitative estimate of drug-likeness (QED) is 0.768. The number of hydrogen-bond donors (Lipinski definition) is 2. The minimum absolute atomic E-state index is 0.108. The van der Waals surface area contributed by atoms with Crippen LogP contribution in [0.1, 0.15) is 22.3 Å². The normalized spacial score (nSPS) is 10.1. The van der Waals surface area contributed by atoms with Crippen molar-refractivity contribution in [3.8, 4) is 0 Å². The van der Waals surface area contributed by atoms with Crippen LogP contribution in [0.2, 0.25) is 5.02 Å². The summed E-state index contributed by atoms with van der Waals surface area (Å²) >= 11 is 11.2. The molecule has 7 heteroatoms. The molecule has 2 rings (SSSR count). The highest BCUT2D eigenvalue weighted by atomic mass is 35.5. The number of carbonyl (C=O) groups is 2. The third-order valence-corrected chi connectivity index (χ3v) is 4.18. The molecule has 0 fully saturated rings. The minimum atomic E-state index is -0.206. The summed E-state index contributed by atoms with van der Waals surface area (Å²) in [7, 11) is 3.37. The van der Waals surface area contributed by atoms with Gasteiger partial charge < -0.3 is 15.5 Å². The summed E-state index contributed by atoms with van der Waals surface area (Å²) in [6, 6.07) is 14.3. The van der Waals surface area contributed by atoms with Gasteiger partial charge in [-0.1, -0.05) is 35.9 Å². The number of nitrogens with zero attached hydrogens (tertiary/aromatic N) is 1. The summed E-state index contributed by atoms with van der Waals surface area (Å²) in [5, 5.41) is 6.38. The molecule has 0 aliphatic carbocycles. The van der Waals surface area contributed by atoms with E-state index in [1.807, 2.05) is 18.2 Å². The average molecular weight is 390 g/mol. The Hall–Kier alpha value is -2.44. The standard InChI is InChI=1S/C19H20ClN3O2S/c1-23(2)18(25)14-7-5-8-15(12-14)21-19(26)22-17(24)11-10-13-6-3-4-9-16(13)20/h3-9,12H,10-11H2,1-2H3,(H2,21,22,24,26). The summed E-state index contributed by atoms with van der Waals surface area (Å²) in [5.41, 5.74) is 2.08. The minimum Gasteiger partial charge on any atom is -0.345 e. The van der Waals surface area contributed by atoms with Gasteiger partial charge >= 0.3 is 0 Å². The molecule has 0 heterocycles. The molecule has 0 aliphatic heterocycles. The summed E-state index contributed by atoms with van der Waals surface area (Å²) in [5.74, 6) is -0.314. The van der Waals surface area contributed by atoms with Crippen LogP contribution in [0.3, 0.4) is 0 Å². The number of nitrogens with one attached hydrogen (secondary N) is 2. The molecule has 2 N–H and O–H groups in total. The van der Waals surface area contributed by atoms with Crippen LogP contribution in [-0.4, -0.2) is 35.9 Å². The number of thiocarbonyl (C=S) groups is 1. The van der Waals surface area contributed by atoms with Crippen molar-refractivity contribution in [2.75, 3.05) is 19.4 Å². The van der Waals surface area contributed by atoms with E-state index in [1.165, 1.54) is 4.90 Å². The van der Waals surface area contributed by atoms with E-state index in [0.29, 0.717) is 22.7 Å². The van der Waals surface area contributed by atoms with Crippen molar-refractivity contribution in [2.45, 2.75) is 12.8 Å². The van der Waals surface area contributed by atoms with Gasteiger partial charge in [0.25, 0.3) is 5.91 Å². The van der Waals surface area contributed by atoms with Crippen LogP contribution in [0.15, 0.2) is 48.5 Å². The largest absolute Gasteiger partial charge is 0.345 e. The van der Waals surface area contributed by atoms with E-state index >= 15 is 0 Å². The maximum atomic E-state index is 12.1. The molecular formula is C19H20ClN3O2S. The Bertz CT molecular complexity index is 824. The lowest BCUT2D eigenvalue weighted by molar-refractivity contribution is -0.119. The number of anilines is 1. The van der Waals surface area contributed by atoms with E-state index in [2.05, 4.69) is 10.6 Å². The summed E-state index contributed by atoms with van der Waals surface area (Å²) in [6.07, 6.45) is 0.797. The molecule has 0 aliphatic rings. The van der Waals surface area contributed by atoms with E-state index in [1.54, 1.807) is 44.4 Å². The average Bonchev–Trinajstić information content (AvgIpc) is 2.60. The fraction of sp³-hybridized carbons (Fsp3) is 0.211. The van der Waals surface area contributed by atoms with Crippen LogP contribution in [0, 0.1) is 0 Å². The second-order valence-corrected chi connectivity index (χ2v) is 6.69. The van der Waals surface area contributed by atoms with E-state index in [-0.39, 0.29) is 23.3 Å². The smallest absolute Gasteiger partial charge is 0.253 e. The van der Waals surface area contributed by atoms with Gasteiger partial charge in [-0.3, -0.25) is 9.59 Å². The number of aryl methyl sites for hydroxylation is 1. The predicted octanol–water partition coefficient (Wildman–Crippen LogP) is 3.49. The van der Waals surface area contributed by atoms with Crippen molar-refractivity contribution < 1.29 is 9.59 Å². The zero-order chi connectivity index (χ0) is 19.1. The van der Waals surface area contributed by atoms with Gasteiger partial charge in [-0.25, -0.2) is 0 Å². The number of benzene rings is 2. The highest BCUT2D eigenvalue weighted by molar-refractivity contribution is 7.80. The molecule has 0 saturated carbocycles. The molecule has 0 spiro atoms. The third kappa shape index (κ3) is 5.82. The molecular weight excluding hydrogens is 370 g/mol. The Morgan fingerprint density at radius 2 is 1.85 bits per heavy atom. The Balaban J connectivity index is 1.88. The molecule has 0 bridgehead atoms. The van der Waals surface area contributed by atoms with Crippen molar-refractivity contribution in [2.24, 2.45) is 0 Å². The Morgan fingerprint density at radius 1 is 1.12 bits per heavy atom. The molecule has 0 aromatic heterocycles. The van der Waals surface area contributed by atoms with Crippen molar-refractivity contribution in [1.29, 1.82) is 0 Å². The molecule has 0 radical (unpaired) electrons. The van der Waals surface area contributed by atoms with Crippen LogP contribution in [0.5, 0.6) is 0 Å². The van der Waals surface area contributed by atoms with Gasteiger partial charge in [0, 0.05) is 36.8 Å². The van der Waals surface area contributed by atoms with Gasteiger partial charge in [-0.2, -0.15) is 0 Å². The lowest BCUT2D eigenvalue weighted by Gasteiger charge is -2.13. The van der Waals surface area contributed by atoms with Gasteiger partial charge in [0.1, 0.15) is 0 Å². The second-order valence-electron chi connectivity index (χ2n) is 5.87. The fourth-order valence-corrected chi connectivity index (χ4v) is 2.75.